The van der Waals surface area contributed by atoms with Crippen LogP contribution in [0, 0.1) is 6.92 Å². The molecule has 0 unspecified atom stereocenters. The van der Waals surface area contributed by atoms with Crippen molar-refractivity contribution in [3.05, 3.63) is 88.8 Å². The number of allylic oxidation sites excluding steroid dienone is 1. The molecule has 0 aliphatic carbocycles. The van der Waals surface area contributed by atoms with E-state index in [0.717, 1.165) is 16.7 Å². The minimum absolute atomic E-state index is 0.0880. The number of ketones is 1. The number of carboxylic acid groups (broad SMARTS) is 1. The van der Waals surface area contributed by atoms with Crippen molar-refractivity contribution < 1.29 is 24.2 Å². The van der Waals surface area contributed by atoms with E-state index in [1.807, 2.05) is 60.2 Å². The summed E-state index contributed by atoms with van der Waals surface area (Å²) in [5, 5.41) is 9.47. The summed E-state index contributed by atoms with van der Waals surface area (Å²) < 4.78 is 12.6. The lowest BCUT2D eigenvalue weighted by Crippen LogP contribution is -2.28. The molecule has 0 saturated carbocycles. The molecule has 2 heterocycles. The first-order chi connectivity index (χ1) is 15.3. The molecule has 32 heavy (non-hydrogen) atoms. The number of carbonyl (C=O) groups excluding carboxylic acids is 1. The summed E-state index contributed by atoms with van der Waals surface area (Å²) in [5.41, 5.74) is 2.80. The van der Waals surface area contributed by atoms with Gasteiger partial charge in [-0.2, -0.15) is 0 Å². The fraction of sp³-hybridized carbons (Fsp3) is 0.231. The number of carboxylic acids is 1. The number of fused-ring (bicyclic) bond motifs is 1. The van der Waals surface area contributed by atoms with E-state index in [4.69, 9.17) is 9.47 Å². The molecule has 0 saturated heterocycles. The molecule has 1 aliphatic rings. The van der Waals surface area contributed by atoms with E-state index in [0.29, 0.717) is 29.3 Å². The Morgan fingerprint density at radius 1 is 1.09 bits per heavy atom. The maximum absolute atomic E-state index is 13.1. The first-order valence-corrected chi connectivity index (χ1v) is 10.4. The van der Waals surface area contributed by atoms with E-state index in [1.54, 1.807) is 32.0 Å². The van der Waals surface area contributed by atoms with E-state index in [1.165, 1.54) is 0 Å². The van der Waals surface area contributed by atoms with Crippen molar-refractivity contribution in [3.63, 3.8) is 0 Å². The van der Waals surface area contributed by atoms with Crippen LogP contribution in [0.25, 0.3) is 6.08 Å². The summed E-state index contributed by atoms with van der Waals surface area (Å²) in [6.45, 7) is 6.00. The van der Waals surface area contributed by atoms with E-state index >= 15 is 0 Å². The van der Waals surface area contributed by atoms with Gasteiger partial charge < -0.3 is 19.1 Å². The number of rotatable bonds is 7. The fourth-order valence-electron chi connectivity index (χ4n) is 3.64. The number of aromatic nitrogens is 1. The summed E-state index contributed by atoms with van der Waals surface area (Å²) in [4.78, 5) is 24.7. The number of benzene rings is 2. The van der Waals surface area contributed by atoms with Gasteiger partial charge in [0, 0.05) is 18.3 Å². The molecule has 1 aliphatic heterocycles. The topological polar surface area (TPSA) is 77.8 Å². The van der Waals surface area contributed by atoms with Crippen molar-refractivity contribution in [3.8, 4) is 11.5 Å². The number of aryl methyl sites for hydroxylation is 1. The van der Waals surface area contributed by atoms with E-state index < -0.39 is 11.4 Å². The van der Waals surface area contributed by atoms with Crippen LogP contribution in [-0.4, -0.2) is 28.2 Å². The Hall–Kier alpha value is -3.80. The van der Waals surface area contributed by atoms with Crippen LogP contribution in [0.2, 0.25) is 0 Å². The lowest BCUT2D eigenvalue weighted by molar-refractivity contribution is -0.142. The molecule has 0 bridgehead atoms. The second-order valence-electron chi connectivity index (χ2n) is 8.41. The molecule has 1 N–H and O–H groups in total. The Bertz CT molecular complexity index is 1220. The highest BCUT2D eigenvalue weighted by Crippen LogP contribution is 2.33. The Kier molecular flexibility index (Phi) is 5.61. The normalized spacial score (nSPS) is 13.0. The number of aliphatic carboxylic acids is 1. The standard InChI is InChI=1S/C26H25NO5/c1-17-12-21(24(28)19-9-10-22-23(14-19)32-16-31-22)27(15-17)11-5-7-18-6-4-8-20(13-18)26(2,3)25(29)30/h4-10,12-15H,11,16H2,1-3H3,(H,29,30)/b7-5+. The van der Waals surface area contributed by atoms with Gasteiger partial charge in [0.05, 0.1) is 11.1 Å². The first-order valence-electron chi connectivity index (χ1n) is 10.4. The average Bonchev–Trinajstić information content (AvgIpc) is 3.39. The van der Waals surface area contributed by atoms with Gasteiger partial charge in [-0.15, -0.1) is 0 Å². The molecule has 164 valence electrons. The number of carbonyl (C=O) groups is 2. The average molecular weight is 431 g/mol. The zero-order valence-corrected chi connectivity index (χ0v) is 18.3. The zero-order valence-electron chi connectivity index (χ0n) is 18.3. The van der Waals surface area contributed by atoms with E-state index in [2.05, 4.69) is 0 Å². The second-order valence-corrected chi connectivity index (χ2v) is 8.41. The highest BCUT2D eigenvalue weighted by molar-refractivity contribution is 6.08. The SMILES string of the molecule is Cc1cc(C(=O)c2ccc3c(c2)OCO3)n(C/C=C/c2cccc(C(C)(C)C(=O)O)c2)c1. The Balaban J connectivity index is 1.54. The third kappa shape index (κ3) is 4.17. The van der Waals surface area contributed by atoms with Gasteiger partial charge in [0.1, 0.15) is 0 Å². The van der Waals surface area contributed by atoms with Gasteiger partial charge in [-0.05, 0) is 61.7 Å². The first kappa shape index (κ1) is 21.4. The van der Waals surface area contributed by atoms with Crippen LogP contribution in [0.15, 0.2) is 60.8 Å². The van der Waals surface area contributed by atoms with Gasteiger partial charge in [0.25, 0.3) is 0 Å². The largest absolute Gasteiger partial charge is 0.481 e. The third-order valence-corrected chi connectivity index (χ3v) is 5.66. The lowest BCUT2D eigenvalue weighted by atomic mass is 9.84. The zero-order chi connectivity index (χ0) is 22.9. The van der Waals surface area contributed by atoms with Gasteiger partial charge in [0.15, 0.2) is 11.5 Å². The molecule has 0 spiro atoms. The molecular formula is C26H25NO5. The van der Waals surface area contributed by atoms with Crippen molar-refractivity contribution in [2.24, 2.45) is 0 Å². The van der Waals surface area contributed by atoms with Gasteiger partial charge >= 0.3 is 5.97 Å². The monoisotopic (exact) mass is 431 g/mol. The Labute approximate surface area is 186 Å². The highest BCUT2D eigenvalue weighted by atomic mass is 16.7. The summed E-state index contributed by atoms with van der Waals surface area (Å²) >= 11 is 0. The minimum Gasteiger partial charge on any atom is -0.481 e. The molecule has 0 amide bonds. The van der Waals surface area contributed by atoms with Crippen LogP contribution in [0.4, 0.5) is 0 Å². The molecule has 4 rings (SSSR count). The van der Waals surface area contributed by atoms with E-state index in [9.17, 15) is 14.7 Å². The molecule has 1 aromatic heterocycles. The maximum Gasteiger partial charge on any atom is 0.313 e. The Morgan fingerprint density at radius 3 is 2.66 bits per heavy atom. The second kappa shape index (κ2) is 8.38. The number of hydrogen-bond acceptors (Lipinski definition) is 4. The maximum atomic E-state index is 13.1. The number of nitrogens with zero attached hydrogens (tertiary/aromatic N) is 1. The van der Waals surface area contributed by atoms with E-state index in [-0.39, 0.29) is 12.6 Å². The molecule has 3 aromatic rings. The van der Waals surface area contributed by atoms with Crippen molar-refractivity contribution in [1.29, 1.82) is 0 Å². The van der Waals surface area contributed by atoms with Crippen LogP contribution in [-0.2, 0) is 16.8 Å². The molecule has 0 atom stereocenters. The van der Waals surface area contributed by atoms with Crippen LogP contribution in [0.5, 0.6) is 11.5 Å². The summed E-state index contributed by atoms with van der Waals surface area (Å²) in [6.07, 6.45) is 5.84. The van der Waals surface area contributed by atoms with Gasteiger partial charge in [-0.25, -0.2) is 0 Å². The highest BCUT2D eigenvalue weighted by Gasteiger charge is 2.29. The summed E-state index contributed by atoms with van der Waals surface area (Å²) in [6, 6.07) is 14.6. The Morgan fingerprint density at radius 2 is 1.88 bits per heavy atom. The van der Waals surface area contributed by atoms with Crippen molar-refractivity contribution in [2.45, 2.75) is 32.7 Å². The van der Waals surface area contributed by atoms with Gasteiger partial charge in [-0.1, -0.05) is 36.4 Å². The van der Waals surface area contributed by atoms with Crippen molar-refractivity contribution in [1.82, 2.24) is 4.57 Å². The number of hydrogen-bond donors (Lipinski definition) is 1. The molecular weight excluding hydrogens is 406 g/mol. The molecule has 2 aromatic carbocycles. The molecule has 6 nitrogen and oxygen atoms in total. The number of ether oxygens (including phenoxy) is 2. The van der Waals surface area contributed by atoms with Crippen LogP contribution in [0.3, 0.4) is 0 Å². The fourth-order valence-corrected chi connectivity index (χ4v) is 3.64. The molecule has 6 heteroatoms. The van der Waals surface area contributed by atoms with Crippen molar-refractivity contribution >= 4 is 17.8 Å². The van der Waals surface area contributed by atoms with Crippen LogP contribution in [0.1, 0.15) is 46.6 Å². The lowest BCUT2D eigenvalue weighted by Gasteiger charge is -2.19. The van der Waals surface area contributed by atoms with Crippen LogP contribution >= 0.6 is 0 Å². The summed E-state index contributed by atoms with van der Waals surface area (Å²) in [5.74, 6) is 0.266. The molecule has 0 fully saturated rings. The van der Waals surface area contributed by atoms with Gasteiger partial charge in [-0.3, -0.25) is 9.59 Å². The molecule has 0 radical (unpaired) electrons. The van der Waals surface area contributed by atoms with Gasteiger partial charge in [0.2, 0.25) is 12.6 Å². The van der Waals surface area contributed by atoms with Crippen molar-refractivity contribution in [2.75, 3.05) is 6.79 Å². The predicted octanol–water partition coefficient (Wildman–Crippen LogP) is 4.83. The summed E-state index contributed by atoms with van der Waals surface area (Å²) in [7, 11) is 0. The smallest absolute Gasteiger partial charge is 0.313 e. The quantitative estimate of drug-likeness (QED) is 0.542. The minimum atomic E-state index is -0.967. The third-order valence-electron chi connectivity index (χ3n) is 5.66. The predicted molar refractivity (Wildman–Crippen MR) is 121 cm³/mol. The van der Waals surface area contributed by atoms with Crippen LogP contribution < -0.4 is 9.47 Å².